The fourth-order valence-electron chi connectivity index (χ4n) is 1.60. The maximum Gasteiger partial charge on any atom is 0.285 e. The maximum absolute atomic E-state index is 11.3. The molecule has 0 aliphatic carbocycles. The first-order valence-electron chi connectivity index (χ1n) is 6.00. The Kier molecular flexibility index (Phi) is 5.40. The number of nitrogens with zero attached hydrogens (tertiary/aromatic N) is 2. The number of ether oxygens (including phenoxy) is 2. The summed E-state index contributed by atoms with van der Waals surface area (Å²) in [6.45, 7) is 0. The van der Waals surface area contributed by atoms with E-state index in [2.05, 4.69) is 36.7 Å². The molecule has 1 aromatic carbocycles. The lowest BCUT2D eigenvalue weighted by atomic mass is 10.2. The number of rotatable bonds is 5. The predicted molar refractivity (Wildman–Crippen MR) is 88.3 cm³/mol. The van der Waals surface area contributed by atoms with E-state index in [0.29, 0.717) is 17.2 Å². The molecule has 0 atom stereocenters. The topological polar surface area (TPSA) is 88.6 Å². The van der Waals surface area contributed by atoms with E-state index in [0.717, 1.165) is 10.0 Å². The number of hydrogen-bond donors (Lipinski definition) is 2. The molecule has 0 saturated heterocycles. The van der Waals surface area contributed by atoms with Crippen molar-refractivity contribution in [1.29, 1.82) is 0 Å². The van der Waals surface area contributed by atoms with Gasteiger partial charge in [-0.2, -0.15) is 10.2 Å². The molecule has 116 valence electrons. The van der Waals surface area contributed by atoms with E-state index in [1.807, 2.05) is 0 Å². The van der Waals surface area contributed by atoms with Gasteiger partial charge in [0.25, 0.3) is 5.56 Å². The lowest BCUT2D eigenvalue weighted by molar-refractivity contribution is 0.354. The van der Waals surface area contributed by atoms with Crippen molar-refractivity contribution in [1.82, 2.24) is 10.2 Å². The number of methoxy groups -OCH3 is 2. The summed E-state index contributed by atoms with van der Waals surface area (Å²) in [7, 11) is 3.11. The van der Waals surface area contributed by atoms with Crippen LogP contribution in [0.3, 0.4) is 0 Å². The zero-order chi connectivity index (χ0) is 16.1. The molecule has 22 heavy (non-hydrogen) atoms. The molecule has 7 nitrogen and oxygen atoms in total. The zero-order valence-corrected chi connectivity index (χ0v) is 14.0. The highest BCUT2D eigenvalue weighted by molar-refractivity contribution is 9.10. The first kappa shape index (κ1) is 16.3. The van der Waals surface area contributed by atoms with Gasteiger partial charge < -0.3 is 9.47 Å². The van der Waals surface area contributed by atoms with Crippen molar-refractivity contribution in [3.05, 3.63) is 43.7 Å². The van der Waals surface area contributed by atoms with Gasteiger partial charge in [-0.1, -0.05) is 11.6 Å². The van der Waals surface area contributed by atoms with Crippen molar-refractivity contribution in [2.75, 3.05) is 19.6 Å². The summed E-state index contributed by atoms with van der Waals surface area (Å²) in [5, 5.41) is 9.86. The van der Waals surface area contributed by atoms with E-state index < -0.39 is 5.56 Å². The Morgan fingerprint density at radius 3 is 2.73 bits per heavy atom. The number of halogens is 2. The molecule has 0 unspecified atom stereocenters. The van der Waals surface area contributed by atoms with Gasteiger partial charge in [-0.3, -0.25) is 10.2 Å². The summed E-state index contributed by atoms with van der Waals surface area (Å²) >= 11 is 9.24. The number of anilines is 1. The lowest BCUT2D eigenvalue weighted by Crippen LogP contribution is -2.10. The second kappa shape index (κ2) is 7.28. The average Bonchev–Trinajstić information content (AvgIpc) is 2.52. The number of hydrazone groups is 1. The van der Waals surface area contributed by atoms with Gasteiger partial charge in [-0.15, -0.1) is 0 Å². The van der Waals surface area contributed by atoms with E-state index in [1.165, 1.54) is 6.20 Å². The average molecular weight is 388 g/mol. The van der Waals surface area contributed by atoms with Crippen LogP contribution in [0.1, 0.15) is 5.56 Å². The van der Waals surface area contributed by atoms with Crippen molar-refractivity contribution in [3.63, 3.8) is 0 Å². The number of nitrogens with one attached hydrogen (secondary N) is 2. The molecule has 0 spiro atoms. The van der Waals surface area contributed by atoms with E-state index in [4.69, 9.17) is 21.1 Å². The Balaban J connectivity index is 2.23. The summed E-state index contributed by atoms with van der Waals surface area (Å²) in [5.74, 6) is 1.17. The van der Waals surface area contributed by atoms with Crippen LogP contribution in [0.25, 0.3) is 0 Å². The normalized spacial score (nSPS) is 10.7. The summed E-state index contributed by atoms with van der Waals surface area (Å²) < 4.78 is 11.2. The molecule has 2 aromatic rings. The number of H-pyrrole nitrogens is 1. The molecular formula is C13H12BrClN4O3. The van der Waals surface area contributed by atoms with Crippen LogP contribution in [0.15, 0.2) is 32.7 Å². The summed E-state index contributed by atoms with van der Waals surface area (Å²) in [5.41, 5.74) is 3.22. The molecule has 2 rings (SSSR count). The molecule has 0 saturated carbocycles. The lowest BCUT2D eigenvalue weighted by Gasteiger charge is -2.09. The smallest absolute Gasteiger partial charge is 0.285 e. The highest BCUT2D eigenvalue weighted by Crippen LogP contribution is 2.32. The van der Waals surface area contributed by atoms with Gasteiger partial charge in [0, 0.05) is 10.0 Å². The molecule has 0 fully saturated rings. The van der Waals surface area contributed by atoms with Crippen LogP contribution in [0.4, 0.5) is 5.69 Å². The second-order valence-corrected chi connectivity index (χ2v) is 5.26. The van der Waals surface area contributed by atoms with E-state index >= 15 is 0 Å². The maximum atomic E-state index is 11.3. The number of aromatic amines is 1. The molecule has 1 heterocycles. The van der Waals surface area contributed by atoms with Gasteiger partial charge in [0.05, 0.1) is 26.6 Å². The number of benzene rings is 1. The molecule has 0 bridgehead atoms. The molecular weight excluding hydrogens is 376 g/mol. The van der Waals surface area contributed by atoms with Crippen LogP contribution in [-0.2, 0) is 0 Å². The zero-order valence-electron chi connectivity index (χ0n) is 11.7. The van der Waals surface area contributed by atoms with Crippen LogP contribution < -0.4 is 20.5 Å². The Morgan fingerprint density at radius 1 is 1.36 bits per heavy atom. The summed E-state index contributed by atoms with van der Waals surface area (Å²) in [6, 6.07) is 3.52. The van der Waals surface area contributed by atoms with Crippen LogP contribution in [0.5, 0.6) is 11.5 Å². The Bertz CT molecular complexity index is 763. The van der Waals surface area contributed by atoms with Crippen molar-refractivity contribution < 1.29 is 9.47 Å². The number of hydrogen-bond acceptors (Lipinski definition) is 6. The highest BCUT2D eigenvalue weighted by Gasteiger charge is 2.08. The van der Waals surface area contributed by atoms with E-state index in [1.54, 1.807) is 32.6 Å². The monoisotopic (exact) mass is 386 g/mol. The van der Waals surface area contributed by atoms with Crippen molar-refractivity contribution in [2.45, 2.75) is 0 Å². The summed E-state index contributed by atoms with van der Waals surface area (Å²) in [6.07, 6.45) is 2.91. The first-order chi connectivity index (χ1) is 10.6. The predicted octanol–water partition coefficient (Wildman–Crippen LogP) is 2.65. The van der Waals surface area contributed by atoms with Gasteiger partial charge in [0.1, 0.15) is 10.7 Å². The molecule has 0 amide bonds. The molecule has 0 radical (unpaired) electrons. The molecule has 9 heteroatoms. The first-order valence-corrected chi connectivity index (χ1v) is 7.17. The van der Waals surface area contributed by atoms with Gasteiger partial charge in [-0.25, -0.2) is 5.10 Å². The fourth-order valence-corrected chi connectivity index (χ4v) is 2.16. The molecule has 0 aliphatic rings. The minimum atomic E-state index is -0.492. The third kappa shape index (κ3) is 3.58. The van der Waals surface area contributed by atoms with Gasteiger partial charge in [-0.05, 0) is 28.1 Å². The highest BCUT2D eigenvalue weighted by atomic mass is 79.9. The van der Waals surface area contributed by atoms with Gasteiger partial charge >= 0.3 is 0 Å². The van der Waals surface area contributed by atoms with Crippen LogP contribution >= 0.6 is 27.5 Å². The van der Waals surface area contributed by atoms with Crippen molar-refractivity contribution in [2.24, 2.45) is 5.10 Å². The van der Waals surface area contributed by atoms with E-state index in [-0.39, 0.29) is 5.02 Å². The molecule has 0 aliphatic heterocycles. The Hall–Kier alpha value is -2.06. The second-order valence-electron chi connectivity index (χ2n) is 4.03. The SMILES string of the molecule is COc1cc(Br)c(/C=N\Nc2cn[nH]c(=O)c2Cl)cc1OC. The molecule has 1 aromatic heterocycles. The van der Waals surface area contributed by atoms with Crippen molar-refractivity contribution >= 4 is 39.4 Å². The van der Waals surface area contributed by atoms with Gasteiger partial charge in [0.2, 0.25) is 0 Å². The van der Waals surface area contributed by atoms with Crippen molar-refractivity contribution in [3.8, 4) is 11.5 Å². The minimum Gasteiger partial charge on any atom is -0.493 e. The number of aromatic nitrogens is 2. The third-order valence-electron chi connectivity index (χ3n) is 2.69. The Morgan fingerprint density at radius 2 is 2.05 bits per heavy atom. The fraction of sp³-hybridized carbons (Fsp3) is 0.154. The molecule has 2 N–H and O–H groups in total. The van der Waals surface area contributed by atoms with Crippen LogP contribution in [0, 0.1) is 0 Å². The van der Waals surface area contributed by atoms with Crippen LogP contribution in [0.2, 0.25) is 5.02 Å². The van der Waals surface area contributed by atoms with E-state index in [9.17, 15) is 4.79 Å². The standard InChI is InChI=1S/C13H12BrClN4O3/c1-21-10-3-7(8(14)4-11(10)22-2)5-16-18-9-6-17-19-13(20)12(9)15/h3-6H,1-2H3,(H2,18,19,20)/b16-5-. The van der Waals surface area contributed by atoms with Gasteiger partial charge in [0.15, 0.2) is 11.5 Å². The quantitative estimate of drug-likeness (QED) is 0.608. The van der Waals surface area contributed by atoms with Crippen LogP contribution in [-0.4, -0.2) is 30.6 Å². The summed E-state index contributed by atoms with van der Waals surface area (Å²) in [4.78, 5) is 11.3. The minimum absolute atomic E-state index is 0.0153. The third-order valence-corrected chi connectivity index (χ3v) is 3.75. The largest absolute Gasteiger partial charge is 0.493 e. The Labute approximate surface area is 139 Å².